The van der Waals surface area contributed by atoms with Gasteiger partial charge in [0.1, 0.15) is 6.61 Å². The number of rotatable bonds is 5. The lowest BCUT2D eigenvalue weighted by Crippen LogP contribution is -2.14. The summed E-state index contributed by atoms with van der Waals surface area (Å²) in [6, 6.07) is 4.22. The van der Waals surface area contributed by atoms with Gasteiger partial charge < -0.3 is 14.2 Å². The molecule has 2 aromatic heterocycles. The summed E-state index contributed by atoms with van der Waals surface area (Å²) in [7, 11) is 2.89. The second kappa shape index (κ2) is 7.12. The fourth-order valence-corrected chi connectivity index (χ4v) is 3.25. The van der Waals surface area contributed by atoms with Gasteiger partial charge in [0.2, 0.25) is 0 Å². The highest BCUT2D eigenvalue weighted by Gasteiger charge is 2.16. The number of hydrogen-bond acceptors (Lipinski definition) is 7. The van der Waals surface area contributed by atoms with Gasteiger partial charge in [-0.3, -0.25) is 9.20 Å². The van der Waals surface area contributed by atoms with E-state index in [1.165, 1.54) is 48.2 Å². The second-order valence-electron chi connectivity index (χ2n) is 4.91. The van der Waals surface area contributed by atoms with Gasteiger partial charge in [-0.25, -0.2) is 9.78 Å². The Labute approximate surface area is 151 Å². The number of halogens is 1. The number of carbonyl (C=O) groups excluding carboxylic acids is 1. The van der Waals surface area contributed by atoms with Crippen LogP contribution in [-0.4, -0.2) is 29.6 Å². The van der Waals surface area contributed by atoms with Gasteiger partial charge in [0.15, 0.2) is 16.5 Å². The number of esters is 1. The first-order chi connectivity index (χ1) is 12.0. The molecule has 1 aromatic carbocycles. The molecule has 3 rings (SSSR count). The first kappa shape index (κ1) is 17.2. The smallest absolute Gasteiger partial charge is 0.338 e. The van der Waals surface area contributed by atoms with Gasteiger partial charge in [-0.2, -0.15) is 0 Å². The van der Waals surface area contributed by atoms with Crippen LogP contribution in [0.25, 0.3) is 4.96 Å². The van der Waals surface area contributed by atoms with Gasteiger partial charge in [-0.1, -0.05) is 11.6 Å². The highest BCUT2D eigenvalue weighted by atomic mass is 35.5. The molecule has 0 atom stereocenters. The van der Waals surface area contributed by atoms with E-state index in [9.17, 15) is 9.59 Å². The zero-order valence-corrected chi connectivity index (χ0v) is 14.9. The van der Waals surface area contributed by atoms with Crippen molar-refractivity contribution >= 4 is 33.9 Å². The Balaban J connectivity index is 1.80. The lowest BCUT2D eigenvalue weighted by molar-refractivity contribution is 0.0467. The van der Waals surface area contributed by atoms with Gasteiger partial charge in [0, 0.05) is 17.6 Å². The van der Waals surface area contributed by atoms with Crippen molar-refractivity contribution in [2.24, 2.45) is 0 Å². The number of thiazole rings is 1. The first-order valence-corrected chi connectivity index (χ1v) is 8.33. The Kier molecular flexibility index (Phi) is 4.91. The van der Waals surface area contributed by atoms with Gasteiger partial charge in [0.05, 0.1) is 30.5 Å². The average molecular weight is 381 g/mol. The van der Waals surface area contributed by atoms with Gasteiger partial charge in [0.25, 0.3) is 5.56 Å². The molecule has 9 heteroatoms. The molecule has 2 heterocycles. The van der Waals surface area contributed by atoms with Gasteiger partial charge in [-0.15, -0.1) is 11.3 Å². The summed E-state index contributed by atoms with van der Waals surface area (Å²) in [5, 5.41) is 1.98. The van der Waals surface area contributed by atoms with E-state index in [0.717, 1.165) is 0 Å². The molecule has 0 saturated heterocycles. The Bertz CT molecular complexity index is 998. The molecule has 0 aliphatic rings. The van der Waals surface area contributed by atoms with Crippen molar-refractivity contribution in [2.45, 2.75) is 6.61 Å². The quantitative estimate of drug-likeness (QED) is 0.633. The molecule has 0 amide bonds. The minimum atomic E-state index is -0.615. The third-order valence-corrected chi connectivity index (χ3v) is 4.41. The van der Waals surface area contributed by atoms with Crippen molar-refractivity contribution < 1.29 is 19.0 Å². The van der Waals surface area contributed by atoms with Gasteiger partial charge in [-0.05, 0) is 12.1 Å². The van der Waals surface area contributed by atoms with Crippen molar-refractivity contribution in [2.75, 3.05) is 14.2 Å². The van der Waals surface area contributed by atoms with E-state index in [1.807, 2.05) is 0 Å². The molecule has 0 aliphatic heterocycles. The maximum atomic E-state index is 12.3. The van der Waals surface area contributed by atoms with Crippen molar-refractivity contribution in [3.05, 3.63) is 56.4 Å². The number of hydrogen-bond donors (Lipinski definition) is 0. The maximum Gasteiger partial charge on any atom is 0.338 e. The number of fused-ring (bicyclic) bond motifs is 1. The number of carbonyl (C=O) groups is 1. The van der Waals surface area contributed by atoms with E-state index in [0.29, 0.717) is 22.2 Å². The standard InChI is InChI=1S/C16H13ClN2O5S/c1-22-12-6-9(5-11(17)14(12)23-2)15(21)24-8-10-7-13(20)19-3-4-25-16(19)18-10/h3-7H,8H2,1-2H3. The van der Waals surface area contributed by atoms with E-state index in [2.05, 4.69) is 4.98 Å². The van der Waals surface area contributed by atoms with Gasteiger partial charge >= 0.3 is 5.97 Å². The molecule has 3 aromatic rings. The zero-order valence-electron chi connectivity index (χ0n) is 13.3. The number of aromatic nitrogens is 2. The first-order valence-electron chi connectivity index (χ1n) is 7.08. The Morgan fingerprint density at radius 2 is 2.08 bits per heavy atom. The van der Waals surface area contributed by atoms with Crippen LogP contribution in [0.15, 0.2) is 34.6 Å². The molecule has 0 radical (unpaired) electrons. The van der Waals surface area contributed by atoms with Crippen LogP contribution in [0.1, 0.15) is 16.1 Å². The van der Waals surface area contributed by atoms with Crippen LogP contribution < -0.4 is 15.0 Å². The summed E-state index contributed by atoms with van der Waals surface area (Å²) in [6.07, 6.45) is 1.64. The van der Waals surface area contributed by atoms with Crippen molar-refractivity contribution in [3.63, 3.8) is 0 Å². The fraction of sp³-hybridized carbons (Fsp3) is 0.188. The molecule has 0 unspecified atom stereocenters. The fourth-order valence-electron chi connectivity index (χ4n) is 2.22. The number of nitrogens with zero attached hydrogens (tertiary/aromatic N) is 2. The molecule has 25 heavy (non-hydrogen) atoms. The minimum absolute atomic E-state index is 0.131. The maximum absolute atomic E-state index is 12.3. The topological polar surface area (TPSA) is 79.1 Å². The van der Waals surface area contributed by atoms with Crippen molar-refractivity contribution in [1.29, 1.82) is 0 Å². The highest BCUT2D eigenvalue weighted by Crippen LogP contribution is 2.36. The Morgan fingerprint density at radius 1 is 1.28 bits per heavy atom. The lowest BCUT2D eigenvalue weighted by Gasteiger charge is -2.11. The molecule has 7 nitrogen and oxygen atoms in total. The van der Waals surface area contributed by atoms with E-state index in [-0.39, 0.29) is 22.8 Å². The molecule has 0 fully saturated rings. The lowest BCUT2D eigenvalue weighted by atomic mass is 10.2. The van der Waals surface area contributed by atoms with Crippen LogP contribution in [-0.2, 0) is 11.3 Å². The predicted molar refractivity (Wildman–Crippen MR) is 93.0 cm³/mol. The van der Waals surface area contributed by atoms with Crippen LogP contribution in [0.4, 0.5) is 0 Å². The largest absolute Gasteiger partial charge is 0.493 e. The molecule has 0 spiro atoms. The van der Waals surface area contributed by atoms with Crippen LogP contribution in [0.2, 0.25) is 5.02 Å². The number of benzene rings is 1. The summed E-state index contributed by atoms with van der Waals surface area (Å²) in [5.41, 5.74) is 0.343. The summed E-state index contributed by atoms with van der Waals surface area (Å²) in [6.45, 7) is -0.131. The third-order valence-electron chi connectivity index (χ3n) is 3.38. The van der Waals surface area contributed by atoms with Crippen LogP contribution in [0.5, 0.6) is 11.5 Å². The molecular weight excluding hydrogens is 368 g/mol. The molecule has 0 bridgehead atoms. The molecule has 130 valence electrons. The summed E-state index contributed by atoms with van der Waals surface area (Å²) < 4.78 is 16.9. The third kappa shape index (κ3) is 3.45. The summed E-state index contributed by atoms with van der Waals surface area (Å²) in [4.78, 5) is 29.0. The van der Waals surface area contributed by atoms with E-state index in [4.69, 9.17) is 25.8 Å². The number of methoxy groups -OCH3 is 2. The molecule has 0 aliphatic carbocycles. The van der Waals surface area contributed by atoms with E-state index in [1.54, 1.807) is 11.6 Å². The molecule has 0 saturated carbocycles. The molecule has 0 N–H and O–H groups in total. The Morgan fingerprint density at radius 3 is 2.80 bits per heavy atom. The van der Waals surface area contributed by atoms with Crippen molar-refractivity contribution in [1.82, 2.24) is 9.38 Å². The normalized spacial score (nSPS) is 10.7. The van der Waals surface area contributed by atoms with Crippen LogP contribution in [0, 0.1) is 0 Å². The summed E-state index contributed by atoms with van der Waals surface area (Å²) in [5.74, 6) is 0.0351. The second-order valence-corrected chi connectivity index (χ2v) is 6.19. The Hall–Kier alpha value is -2.58. The van der Waals surface area contributed by atoms with Crippen molar-refractivity contribution in [3.8, 4) is 11.5 Å². The predicted octanol–water partition coefficient (Wildman–Crippen LogP) is 2.78. The number of ether oxygens (including phenoxy) is 3. The highest BCUT2D eigenvalue weighted by molar-refractivity contribution is 7.15. The monoisotopic (exact) mass is 380 g/mol. The van der Waals surface area contributed by atoms with Crippen LogP contribution >= 0.6 is 22.9 Å². The zero-order chi connectivity index (χ0) is 18.0. The van der Waals surface area contributed by atoms with E-state index >= 15 is 0 Å². The SMILES string of the molecule is COc1cc(C(=O)OCc2cc(=O)n3ccsc3n2)cc(Cl)c1OC. The molecular formula is C16H13ClN2O5S. The van der Waals surface area contributed by atoms with E-state index < -0.39 is 5.97 Å². The van der Waals surface area contributed by atoms with Crippen LogP contribution in [0.3, 0.4) is 0 Å². The minimum Gasteiger partial charge on any atom is -0.493 e. The summed E-state index contributed by atoms with van der Waals surface area (Å²) >= 11 is 7.40. The average Bonchev–Trinajstić information content (AvgIpc) is 3.08.